The lowest BCUT2D eigenvalue weighted by molar-refractivity contribution is -0.147. The molecule has 1 unspecified atom stereocenters. The molecule has 262 valence electrons. The SMILES string of the molecule is COC(C)(C)C(C)(C)OC.Cc1ccc(-c2ccc3sc4ccccc4c3c2)c(C2c3ccccc3-c3cc4c(cc32)C(C)(C)c2ccccc2-4)c1. The second-order valence-electron chi connectivity index (χ2n) is 16.0. The van der Waals surface area contributed by atoms with Gasteiger partial charge in [0, 0.05) is 45.7 Å². The van der Waals surface area contributed by atoms with E-state index in [1.165, 1.54) is 86.9 Å². The third kappa shape index (κ3) is 5.36. The summed E-state index contributed by atoms with van der Waals surface area (Å²) in [6, 6.07) is 46.1. The van der Waals surface area contributed by atoms with Crippen molar-refractivity contribution in [2.45, 2.75) is 71.0 Å². The first-order valence-corrected chi connectivity index (χ1v) is 19.2. The van der Waals surface area contributed by atoms with Crippen molar-refractivity contribution in [1.29, 1.82) is 0 Å². The Labute approximate surface area is 313 Å². The molecular formula is C49H48O2S. The summed E-state index contributed by atoms with van der Waals surface area (Å²) in [5.74, 6) is 0.186. The van der Waals surface area contributed by atoms with Crippen LogP contribution in [0.15, 0.2) is 121 Å². The van der Waals surface area contributed by atoms with Crippen molar-refractivity contribution in [2.24, 2.45) is 0 Å². The minimum Gasteiger partial charge on any atom is -0.376 e. The molecular weight excluding hydrogens is 653 g/mol. The van der Waals surface area contributed by atoms with Crippen molar-refractivity contribution in [2.75, 3.05) is 14.2 Å². The molecule has 7 aromatic rings. The lowest BCUT2D eigenvalue weighted by atomic mass is 9.79. The highest BCUT2D eigenvalue weighted by Gasteiger charge is 2.40. The van der Waals surface area contributed by atoms with Gasteiger partial charge in [-0.05, 0) is 120 Å². The van der Waals surface area contributed by atoms with Crippen LogP contribution in [0.25, 0.3) is 53.6 Å². The Balaban J connectivity index is 0.000000342. The summed E-state index contributed by atoms with van der Waals surface area (Å²) in [6.07, 6.45) is 0. The summed E-state index contributed by atoms with van der Waals surface area (Å²) >= 11 is 1.88. The quantitative estimate of drug-likeness (QED) is 0.178. The van der Waals surface area contributed by atoms with Crippen LogP contribution in [0.2, 0.25) is 0 Å². The first-order chi connectivity index (χ1) is 24.9. The van der Waals surface area contributed by atoms with Crippen LogP contribution in [-0.2, 0) is 14.9 Å². The minimum absolute atomic E-state index is 0.0270. The first-order valence-electron chi connectivity index (χ1n) is 18.4. The molecule has 1 heterocycles. The van der Waals surface area contributed by atoms with Gasteiger partial charge in [-0.25, -0.2) is 0 Å². The molecule has 0 N–H and O–H groups in total. The fourth-order valence-corrected chi connectivity index (χ4v) is 9.39. The summed E-state index contributed by atoms with van der Waals surface area (Å²) in [4.78, 5) is 0. The van der Waals surface area contributed by atoms with Crippen molar-refractivity contribution >= 4 is 31.5 Å². The van der Waals surface area contributed by atoms with Gasteiger partial charge in [-0.1, -0.05) is 116 Å². The predicted octanol–water partition coefficient (Wildman–Crippen LogP) is 13.3. The van der Waals surface area contributed by atoms with Crippen molar-refractivity contribution in [3.05, 3.63) is 155 Å². The van der Waals surface area contributed by atoms with Crippen LogP contribution in [-0.4, -0.2) is 25.4 Å². The van der Waals surface area contributed by atoms with E-state index >= 15 is 0 Å². The Kier molecular flexibility index (Phi) is 8.34. The number of aryl methyl sites for hydroxylation is 1. The average molecular weight is 701 g/mol. The topological polar surface area (TPSA) is 18.5 Å². The van der Waals surface area contributed by atoms with Crippen LogP contribution in [0.4, 0.5) is 0 Å². The Bertz CT molecular complexity index is 2480. The van der Waals surface area contributed by atoms with E-state index in [-0.39, 0.29) is 22.5 Å². The number of thiophene rings is 1. The summed E-state index contributed by atoms with van der Waals surface area (Å²) < 4.78 is 13.2. The number of rotatable bonds is 5. The molecule has 0 saturated carbocycles. The van der Waals surface area contributed by atoms with Gasteiger partial charge in [-0.3, -0.25) is 0 Å². The van der Waals surface area contributed by atoms with E-state index in [2.05, 4.69) is 142 Å². The molecule has 2 aliphatic carbocycles. The Morgan fingerprint density at radius 3 is 1.90 bits per heavy atom. The van der Waals surface area contributed by atoms with E-state index in [0.717, 1.165) is 0 Å². The number of fused-ring (bicyclic) bond motifs is 9. The van der Waals surface area contributed by atoms with E-state index in [1.807, 2.05) is 39.0 Å². The molecule has 2 nitrogen and oxygen atoms in total. The highest BCUT2D eigenvalue weighted by molar-refractivity contribution is 7.25. The van der Waals surface area contributed by atoms with E-state index in [4.69, 9.17) is 9.47 Å². The maximum Gasteiger partial charge on any atom is 0.0905 e. The first kappa shape index (κ1) is 34.5. The molecule has 1 atom stereocenters. The van der Waals surface area contributed by atoms with Gasteiger partial charge in [-0.15, -0.1) is 11.3 Å². The molecule has 6 aromatic carbocycles. The van der Waals surface area contributed by atoms with Gasteiger partial charge in [0.2, 0.25) is 0 Å². The predicted molar refractivity (Wildman–Crippen MR) is 222 cm³/mol. The number of ether oxygens (including phenoxy) is 2. The fourth-order valence-electron chi connectivity index (χ4n) is 8.30. The van der Waals surface area contributed by atoms with Gasteiger partial charge in [0.05, 0.1) is 11.2 Å². The molecule has 0 fully saturated rings. The van der Waals surface area contributed by atoms with Crippen LogP contribution < -0.4 is 0 Å². The van der Waals surface area contributed by atoms with E-state index < -0.39 is 0 Å². The van der Waals surface area contributed by atoms with Gasteiger partial charge >= 0.3 is 0 Å². The zero-order valence-corrected chi connectivity index (χ0v) is 32.7. The molecule has 9 rings (SSSR count). The van der Waals surface area contributed by atoms with Crippen molar-refractivity contribution < 1.29 is 9.47 Å². The molecule has 2 aliphatic rings. The minimum atomic E-state index is -0.234. The summed E-state index contributed by atoms with van der Waals surface area (Å²) in [6.45, 7) is 15.0. The van der Waals surface area contributed by atoms with Crippen LogP contribution in [0.5, 0.6) is 0 Å². The van der Waals surface area contributed by atoms with Crippen LogP contribution in [0.3, 0.4) is 0 Å². The lowest BCUT2D eigenvalue weighted by Gasteiger charge is -2.38. The molecule has 0 amide bonds. The zero-order chi connectivity index (χ0) is 36.6. The van der Waals surface area contributed by atoms with Crippen molar-refractivity contribution in [3.8, 4) is 33.4 Å². The molecule has 3 heteroatoms. The fraction of sp³-hybridized carbons (Fsp3) is 0.265. The van der Waals surface area contributed by atoms with Gasteiger partial charge in [-0.2, -0.15) is 0 Å². The van der Waals surface area contributed by atoms with Crippen molar-refractivity contribution in [3.63, 3.8) is 0 Å². The molecule has 52 heavy (non-hydrogen) atoms. The number of hydrogen-bond donors (Lipinski definition) is 0. The number of methoxy groups -OCH3 is 2. The maximum atomic E-state index is 5.27. The summed E-state index contributed by atoms with van der Waals surface area (Å²) in [7, 11) is 3.39. The number of benzene rings is 6. The third-order valence-electron chi connectivity index (χ3n) is 12.3. The van der Waals surface area contributed by atoms with E-state index in [9.17, 15) is 0 Å². The van der Waals surface area contributed by atoms with Gasteiger partial charge in [0.1, 0.15) is 0 Å². The van der Waals surface area contributed by atoms with Crippen LogP contribution in [0.1, 0.15) is 80.8 Å². The van der Waals surface area contributed by atoms with Gasteiger partial charge in [0.15, 0.2) is 0 Å². The van der Waals surface area contributed by atoms with Gasteiger partial charge in [0.25, 0.3) is 0 Å². The van der Waals surface area contributed by atoms with E-state index in [1.54, 1.807) is 14.2 Å². The monoisotopic (exact) mass is 700 g/mol. The molecule has 1 aromatic heterocycles. The second-order valence-corrected chi connectivity index (χ2v) is 17.1. The highest BCUT2D eigenvalue weighted by Crippen LogP contribution is 2.56. The Morgan fingerprint density at radius 2 is 1.15 bits per heavy atom. The van der Waals surface area contributed by atoms with E-state index in [0.29, 0.717) is 0 Å². The Morgan fingerprint density at radius 1 is 0.519 bits per heavy atom. The number of hydrogen-bond acceptors (Lipinski definition) is 3. The molecule has 0 bridgehead atoms. The molecule has 0 saturated heterocycles. The van der Waals surface area contributed by atoms with Gasteiger partial charge < -0.3 is 9.47 Å². The zero-order valence-electron chi connectivity index (χ0n) is 31.8. The standard InChI is InChI=1S/C41H30S.C8H18O2/c1-24-16-18-26(25-17-19-39-33(21-25)29-12-7-9-15-38(29)42-39)34(20-24)40-30-13-5-4-10-27(30)31-22-32-28-11-6-8-14-36(28)41(2,3)37(32)23-35(31)40;1-7(2,9-5)8(3,4)10-6/h4-23,40H,1-3H3;1-6H3. The largest absolute Gasteiger partial charge is 0.376 e. The van der Waals surface area contributed by atoms with Crippen LogP contribution >= 0.6 is 11.3 Å². The summed E-state index contributed by atoms with van der Waals surface area (Å²) in [5.41, 5.74) is 16.1. The molecule has 0 aliphatic heterocycles. The smallest absolute Gasteiger partial charge is 0.0905 e. The normalized spacial score (nSPS) is 15.5. The third-order valence-corrected chi connectivity index (χ3v) is 13.5. The molecule has 0 radical (unpaired) electrons. The van der Waals surface area contributed by atoms with Crippen LogP contribution in [0, 0.1) is 6.92 Å². The average Bonchev–Trinajstić information content (AvgIpc) is 3.76. The summed E-state index contributed by atoms with van der Waals surface area (Å²) in [5, 5.41) is 2.70. The highest BCUT2D eigenvalue weighted by atomic mass is 32.1. The second kappa shape index (κ2) is 12.6. The van der Waals surface area contributed by atoms with Crippen molar-refractivity contribution in [1.82, 2.24) is 0 Å². The molecule has 0 spiro atoms. The Hall–Kier alpha value is -4.54. The maximum absolute atomic E-state index is 5.27. The lowest BCUT2D eigenvalue weighted by Crippen LogP contribution is -2.48.